The van der Waals surface area contributed by atoms with Gasteiger partial charge in [0.2, 0.25) is 0 Å². The molecular formula is C28H35NO7. The van der Waals surface area contributed by atoms with Crippen molar-refractivity contribution in [2.45, 2.75) is 39.2 Å². The molecule has 2 aromatic carbocycles. The van der Waals surface area contributed by atoms with Crippen molar-refractivity contribution in [3.05, 3.63) is 59.2 Å². The molecule has 0 aliphatic carbocycles. The highest BCUT2D eigenvalue weighted by Gasteiger charge is 2.46. The van der Waals surface area contributed by atoms with Crippen LogP contribution in [0.1, 0.15) is 50.3 Å². The normalized spacial score (nSPS) is 16.9. The number of ketones is 1. The molecule has 8 nitrogen and oxygen atoms in total. The number of hydrogen-bond donors (Lipinski definition) is 1. The zero-order chi connectivity index (χ0) is 26.1. The smallest absolute Gasteiger partial charge is 0.295 e. The summed E-state index contributed by atoms with van der Waals surface area (Å²) in [5.74, 6) is -0.0289. The van der Waals surface area contributed by atoms with Crippen LogP contribution in [0.3, 0.4) is 0 Å². The van der Waals surface area contributed by atoms with E-state index in [0.717, 1.165) is 12.8 Å². The van der Waals surface area contributed by atoms with Crippen molar-refractivity contribution < 1.29 is 33.6 Å². The van der Waals surface area contributed by atoms with Gasteiger partial charge in [-0.25, -0.2) is 0 Å². The molecule has 0 saturated carbocycles. The van der Waals surface area contributed by atoms with E-state index in [2.05, 4.69) is 6.92 Å². The molecule has 1 N–H and O–H groups in total. The van der Waals surface area contributed by atoms with E-state index in [9.17, 15) is 14.7 Å². The zero-order valence-electron chi connectivity index (χ0n) is 21.4. The van der Waals surface area contributed by atoms with Crippen molar-refractivity contribution in [2.24, 2.45) is 0 Å². The lowest BCUT2D eigenvalue weighted by atomic mass is 9.95. The van der Waals surface area contributed by atoms with Crippen LogP contribution in [0.15, 0.2) is 48.0 Å². The summed E-state index contributed by atoms with van der Waals surface area (Å²) in [6, 6.07) is 11.4. The lowest BCUT2D eigenvalue weighted by molar-refractivity contribution is -0.140. The van der Waals surface area contributed by atoms with Crippen LogP contribution in [-0.2, 0) is 14.3 Å². The van der Waals surface area contributed by atoms with Crippen molar-refractivity contribution in [3.63, 3.8) is 0 Å². The SMILES string of the molecule is CCCCOc1ccc(C2/C(=C(\O)c3cccc(OCC)c3)C(=O)C(=O)N2CCCOC)cc1OC. The maximum atomic E-state index is 13.2. The fourth-order valence-corrected chi connectivity index (χ4v) is 4.19. The molecule has 0 bridgehead atoms. The van der Waals surface area contributed by atoms with Crippen LogP contribution in [-0.4, -0.2) is 62.3 Å². The quantitative estimate of drug-likeness (QED) is 0.185. The highest BCUT2D eigenvalue weighted by Crippen LogP contribution is 2.42. The van der Waals surface area contributed by atoms with E-state index in [1.165, 1.54) is 4.90 Å². The third-order valence-corrected chi connectivity index (χ3v) is 5.96. The van der Waals surface area contributed by atoms with Crippen molar-refractivity contribution in [2.75, 3.05) is 40.6 Å². The Hall–Kier alpha value is -3.52. The van der Waals surface area contributed by atoms with Gasteiger partial charge >= 0.3 is 0 Å². The lowest BCUT2D eigenvalue weighted by Gasteiger charge is -2.26. The molecule has 1 aliphatic rings. The molecule has 0 aromatic heterocycles. The van der Waals surface area contributed by atoms with E-state index in [1.807, 2.05) is 6.92 Å². The summed E-state index contributed by atoms with van der Waals surface area (Å²) < 4.78 is 22.1. The molecule has 1 unspecified atom stereocenters. The second kappa shape index (κ2) is 13.0. The van der Waals surface area contributed by atoms with Gasteiger partial charge in [-0.05, 0) is 49.6 Å². The topological polar surface area (TPSA) is 94.5 Å². The molecule has 8 heteroatoms. The van der Waals surface area contributed by atoms with Gasteiger partial charge in [-0.15, -0.1) is 0 Å². The average molecular weight is 498 g/mol. The largest absolute Gasteiger partial charge is 0.507 e. The number of methoxy groups -OCH3 is 2. The van der Waals surface area contributed by atoms with Crippen LogP contribution >= 0.6 is 0 Å². The van der Waals surface area contributed by atoms with Crippen molar-refractivity contribution >= 4 is 17.4 Å². The molecule has 194 valence electrons. The van der Waals surface area contributed by atoms with E-state index in [0.29, 0.717) is 54.6 Å². The number of unbranched alkanes of at least 4 members (excludes halogenated alkanes) is 1. The van der Waals surface area contributed by atoms with Gasteiger partial charge in [-0.1, -0.05) is 31.5 Å². The third-order valence-electron chi connectivity index (χ3n) is 5.96. The number of carbonyl (C=O) groups excluding carboxylic acids is 2. The maximum Gasteiger partial charge on any atom is 0.295 e. The second-order valence-corrected chi connectivity index (χ2v) is 8.41. The van der Waals surface area contributed by atoms with Gasteiger partial charge in [0.25, 0.3) is 11.7 Å². The molecule has 1 aliphatic heterocycles. The van der Waals surface area contributed by atoms with Gasteiger partial charge in [0.1, 0.15) is 11.5 Å². The van der Waals surface area contributed by atoms with Gasteiger partial charge in [0.05, 0.1) is 31.9 Å². The first-order valence-corrected chi connectivity index (χ1v) is 12.3. The average Bonchev–Trinajstić information content (AvgIpc) is 3.14. The van der Waals surface area contributed by atoms with Crippen molar-refractivity contribution in [1.82, 2.24) is 4.90 Å². The Morgan fingerprint density at radius 3 is 2.47 bits per heavy atom. The number of likely N-dealkylation sites (tertiary alicyclic amines) is 1. The Balaban J connectivity index is 2.10. The molecule has 1 saturated heterocycles. The van der Waals surface area contributed by atoms with Gasteiger partial charge in [-0.2, -0.15) is 0 Å². The monoisotopic (exact) mass is 497 g/mol. The van der Waals surface area contributed by atoms with Crippen LogP contribution in [0.4, 0.5) is 0 Å². The Labute approximate surface area is 212 Å². The summed E-state index contributed by atoms with van der Waals surface area (Å²) in [6.45, 7) is 5.68. The summed E-state index contributed by atoms with van der Waals surface area (Å²) in [5.41, 5.74) is 1.05. The molecule has 36 heavy (non-hydrogen) atoms. The summed E-state index contributed by atoms with van der Waals surface area (Å²) in [5, 5.41) is 11.3. The summed E-state index contributed by atoms with van der Waals surface area (Å²) in [4.78, 5) is 27.8. The molecule has 1 heterocycles. The fraction of sp³-hybridized carbons (Fsp3) is 0.429. The number of hydrogen-bond acceptors (Lipinski definition) is 7. The first-order chi connectivity index (χ1) is 17.5. The fourth-order valence-electron chi connectivity index (χ4n) is 4.19. The molecule has 1 amide bonds. The van der Waals surface area contributed by atoms with Crippen molar-refractivity contribution in [3.8, 4) is 17.2 Å². The van der Waals surface area contributed by atoms with Crippen LogP contribution in [0.5, 0.6) is 17.2 Å². The predicted molar refractivity (Wildman–Crippen MR) is 137 cm³/mol. The van der Waals surface area contributed by atoms with E-state index in [1.54, 1.807) is 56.7 Å². The number of amides is 1. The van der Waals surface area contributed by atoms with Gasteiger partial charge in [0.15, 0.2) is 11.5 Å². The molecular weight excluding hydrogens is 462 g/mol. The molecule has 0 radical (unpaired) electrons. The predicted octanol–water partition coefficient (Wildman–Crippen LogP) is 4.73. The molecule has 1 atom stereocenters. The molecule has 3 rings (SSSR count). The number of aliphatic hydroxyl groups excluding tert-OH is 1. The minimum atomic E-state index is -0.795. The van der Waals surface area contributed by atoms with Crippen LogP contribution in [0, 0.1) is 0 Å². The van der Waals surface area contributed by atoms with E-state index in [-0.39, 0.29) is 17.9 Å². The van der Waals surface area contributed by atoms with E-state index in [4.69, 9.17) is 18.9 Å². The number of carbonyl (C=O) groups is 2. The Kier molecular flexibility index (Phi) is 9.76. The minimum Gasteiger partial charge on any atom is -0.507 e. The number of rotatable bonds is 13. The second-order valence-electron chi connectivity index (χ2n) is 8.41. The van der Waals surface area contributed by atoms with E-state index < -0.39 is 17.7 Å². The van der Waals surface area contributed by atoms with Gasteiger partial charge in [-0.3, -0.25) is 9.59 Å². The zero-order valence-corrected chi connectivity index (χ0v) is 21.4. The maximum absolute atomic E-state index is 13.2. The minimum absolute atomic E-state index is 0.0211. The summed E-state index contributed by atoms with van der Waals surface area (Å²) in [7, 11) is 3.12. The number of Topliss-reactive ketones (excluding diaryl/α,β-unsaturated/α-hetero) is 1. The third kappa shape index (κ3) is 5.99. The standard InChI is InChI=1S/C28H35NO7/c1-5-7-16-36-22-13-12-19(18-23(22)34-4)25-24(27(31)28(32)29(25)14-9-15-33-3)26(30)20-10-8-11-21(17-20)35-6-2/h8,10-13,17-18,25,30H,5-7,9,14-16H2,1-4H3/b26-24+. The molecule has 0 spiro atoms. The number of nitrogens with zero attached hydrogens (tertiary/aromatic N) is 1. The molecule has 1 fully saturated rings. The van der Waals surface area contributed by atoms with Gasteiger partial charge in [0, 0.05) is 25.8 Å². The van der Waals surface area contributed by atoms with Gasteiger partial charge < -0.3 is 29.0 Å². The van der Waals surface area contributed by atoms with Crippen molar-refractivity contribution in [1.29, 1.82) is 0 Å². The summed E-state index contributed by atoms with van der Waals surface area (Å²) in [6.07, 6.45) is 2.45. The first kappa shape index (κ1) is 27.1. The van der Waals surface area contributed by atoms with Crippen LogP contribution < -0.4 is 14.2 Å². The first-order valence-electron chi connectivity index (χ1n) is 12.3. The Bertz CT molecular complexity index is 1100. The summed E-state index contributed by atoms with van der Waals surface area (Å²) >= 11 is 0. The molecule has 2 aromatic rings. The Morgan fingerprint density at radius 1 is 0.972 bits per heavy atom. The number of ether oxygens (including phenoxy) is 4. The van der Waals surface area contributed by atoms with E-state index >= 15 is 0 Å². The number of aliphatic hydroxyl groups is 1. The number of benzene rings is 2. The lowest BCUT2D eigenvalue weighted by Crippen LogP contribution is -2.31. The van der Waals surface area contributed by atoms with Crippen LogP contribution in [0.25, 0.3) is 5.76 Å². The highest BCUT2D eigenvalue weighted by molar-refractivity contribution is 6.46. The Morgan fingerprint density at radius 2 is 1.78 bits per heavy atom. The van der Waals surface area contributed by atoms with Crippen LogP contribution in [0.2, 0.25) is 0 Å². The highest BCUT2D eigenvalue weighted by atomic mass is 16.5.